The van der Waals surface area contributed by atoms with Crippen molar-refractivity contribution in [3.8, 4) is 0 Å². The fourth-order valence-electron chi connectivity index (χ4n) is 2.82. The number of hydrogen-bond donors (Lipinski definition) is 2. The molecule has 0 spiro atoms. The molecule has 0 atom stereocenters. The Morgan fingerprint density at radius 2 is 2.08 bits per heavy atom. The normalized spacial score (nSPS) is 15.4. The lowest BCUT2D eigenvalue weighted by atomic mass is 9.95. The number of halogens is 2. The molecule has 2 N–H and O–H groups in total. The fraction of sp³-hybridized carbons (Fsp3) is 0.444. The van der Waals surface area contributed by atoms with Crippen molar-refractivity contribution in [2.24, 2.45) is 4.99 Å². The van der Waals surface area contributed by atoms with Gasteiger partial charge >= 0.3 is 0 Å². The maximum absolute atomic E-state index is 14.1. The maximum Gasteiger partial charge on any atom is 0.191 e. The third-order valence-electron chi connectivity index (χ3n) is 4.46. The third-order valence-corrected chi connectivity index (χ3v) is 5.50. The zero-order chi connectivity index (χ0) is 17.0. The number of aromatic nitrogens is 1. The molecule has 2 aromatic rings. The lowest BCUT2D eigenvalue weighted by Crippen LogP contribution is -2.41. The van der Waals surface area contributed by atoms with Crippen molar-refractivity contribution < 1.29 is 4.39 Å². The standard InChI is InChI=1S/C18H23FN4S.HI/c1-3-16-23-13(11-24-16)10-21-17(20-2)22-12-18(8-9-18)14-6-4-5-7-15(14)19;/h4-7,11H,3,8-10,12H2,1-2H3,(H2,20,21,22);1H. The van der Waals surface area contributed by atoms with Crippen LogP contribution in [0.2, 0.25) is 0 Å². The molecule has 0 saturated heterocycles. The van der Waals surface area contributed by atoms with Crippen molar-refractivity contribution in [1.29, 1.82) is 0 Å². The Kier molecular flexibility index (Phi) is 7.18. The molecule has 25 heavy (non-hydrogen) atoms. The van der Waals surface area contributed by atoms with Crippen molar-refractivity contribution in [1.82, 2.24) is 15.6 Å². The molecule has 4 nitrogen and oxygen atoms in total. The second kappa shape index (κ2) is 8.93. The molecule has 0 radical (unpaired) electrons. The van der Waals surface area contributed by atoms with Gasteiger partial charge in [0.15, 0.2) is 5.96 Å². The van der Waals surface area contributed by atoms with Crippen LogP contribution < -0.4 is 10.6 Å². The monoisotopic (exact) mass is 474 g/mol. The number of nitrogens with one attached hydrogen (secondary N) is 2. The summed E-state index contributed by atoms with van der Waals surface area (Å²) in [6.45, 7) is 3.43. The Balaban J connectivity index is 0.00000225. The lowest BCUT2D eigenvalue weighted by Gasteiger charge is -2.19. The van der Waals surface area contributed by atoms with Crippen LogP contribution in [0.5, 0.6) is 0 Å². The highest BCUT2D eigenvalue weighted by atomic mass is 127. The van der Waals surface area contributed by atoms with E-state index in [1.165, 1.54) is 6.07 Å². The highest BCUT2D eigenvalue weighted by Crippen LogP contribution is 2.48. The SMILES string of the molecule is CCc1nc(CNC(=NC)NCC2(c3ccccc3F)CC2)cs1.I. The van der Waals surface area contributed by atoms with Crippen molar-refractivity contribution in [2.45, 2.75) is 38.1 Å². The second-order valence-corrected chi connectivity index (χ2v) is 7.07. The van der Waals surface area contributed by atoms with Crippen LogP contribution in [0.1, 0.15) is 36.0 Å². The first kappa shape index (κ1) is 20.1. The quantitative estimate of drug-likeness (QED) is 0.380. The summed E-state index contributed by atoms with van der Waals surface area (Å²) in [6.07, 6.45) is 2.97. The Morgan fingerprint density at radius 3 is 2.68 bits per heavy atom. The molecule has 0 amide bonds. The minimum absolute atomic E-state index is 0. The van der Waals surface area contributed by atoms with Gasteiger partial charge in [0.05, 0.1) is 17.2 Å². The average Bonchev–Trinajstić information content (AvgIpc) is 3.24. The first-order valence-corrected chi connectivity index (χ1v) is 9.17. The van der Waals surface area contributed by atoms with Crippen LogP contribution in [-0.2, 0) is 18.4 Å². The highest BCUT2D eigenvalue weighted by molar-refractivity contribution is 14.0. The van der Waals surface area contributed by atoms with E-state index in [1.54, 1.807) is 24.5 Å². The van der Waals surface area contributed by atoms with Crippen LogP contribution in [0.4, 0.5) is 4.39 Å². The number of aliphatic imine (C=N–C) groups is 1. The summed E-state index contributed by atoms with van der Waals surface area (Å²) in [4.78, 5) is 8.79. The second-order valence-electron chi connectivity index (χ2n) is 6.13. The van der Waals surface area contributed by atoms with E-state index in [4.69, 9.17) is 0 Å². The summed E-state index contributed by atoms with van der Waals surface area (Å²) in [5.74, 6) is 0.609. The molecule has 1 heterocycles. The van der Waals surface area contributed by atoms with Crippen LogP contribution >= 0.6 is 35.3 Å². The minimum atomic E-state index is -0.116. The van der Waals surface area contributed by atoms with Gasteiger partial charge in [0.1, 0.15) is 5.82 Å². The number of rotatable bonds is 6. The number of hydrogen-bond acceptors (Lipinski definition) is 3. The van der Waals surface area contributed by atoms with Gasteiger partial charge in [-0.1, -0.05) is 25.1 Å². The molecule has 0 bridgehead atoms. The van der Waals surface area contributed by atoms with Crippen LogP contribution in [-0.4, -0.2) is 24.5 Å². The van der Waals surface area contributed by atoms with Gasteiger partial charge in [-0.25, -0.2) is 9.37 Å². The van der Waals surface area contributed by atoms with Gasteiger partial charge in [0, 0.05) is 24.4 Å². The van der Waals surface area contributed by atoms with E-state index in [0.717, 1.165) is 41.5 Å². The van der Waals surface area contributed by atoms with E-state index < -0.39 is 0 Å². The largest absolute Gasteiger partial charge is 0.356 e. The summed E-state index contributed by atoms with van der Waals surface area (Å²) in [5, 5.41) is 9.83. The van der Waals surface area contributed by atoms with E-state index in [1.807, 2.05) is 12.1 Å². The van der Waals surface area contributed by atoms with Gasteiger partial charge in [0.25, 0.3) is 0 Å². The molecule has 136 valence electrons. The van der Waals surface area contributed by atoms with E-state index in [2.05, 4.69) is 32.9 Å². The Bertz CT molecular complexity index is 727. The molecule has 7 heteroatoms. The summed E-state index contributed by atoms with van der Waals surface area (Å²) in [5.41, 5.74) is 1.73. The maximum atomic E-state index is 14.1. The zero-order valence-electron chi connectivity index (χ0n) is 14.5. The minimum Gasteiger partial charge on any atom is -0.356 e. The molecule has 1 aromatic carbocycles. The van der Waals surface area contributed by atoms with Gasteiger partial charge in [-0.15, -0.1) is 35.3 Å². The van der Waals surface area contributed by atoms with Crippen LogP contribution in [0.15, 0.2) is 34.6 Å². The van der Waals surface area contributed by atoms with Crippen LogP contribution in [0.25, 0.3) is 0 Å². The average molecular weight is 474 g/mol. The third kappa shape index (κ3) is 4.91. The van der Waals surface area contributed by atoms with Crippen molar-refractivity contribution in [2.75, 3.05) is 13.6 Å². The van der Waals surface area contributed by atoms with Crippen molar-refractivity contribution >= 4 is 41.3 Å². The molecule has 0 aliphatic heterocycles. The lowest BCUT2D eigenvalue weighted by molar-refractivity contribution is 0.559. The Labute approximate surface area is 169 Å². The molecule has 1 fully saturated rings. The number of aryl methyl sites for hydroxylation is 1. The zero-order valence-corrected chi connectivity index (χ0v) is 17.7. The number of thiazole rings is 1. The van der Waals surface area contributed by atoms with Gasteiger partial charge < -0.3 is 10.6 Å². The summed E-state index contributed by atoms with van der Waals surface area (Å²) in [6, 6.07) is 7.07. The van der Waals surface area contributed by atoms with Gasteiger partial charge in [-0.3, -0.25) is 4.99 Å². The Hall–Kier alpha value is -1.22. The smallest absolute Gasteiger partial charge is 0.191 e. The molecular formula is C18H24FIN4S. The summed E-state index contributed by atoms with van der Waals surface area (Å²) in [7, 11) is 1.75. The molecular weight excluding hydrogens is 450 g/mol. The molecule has 1 aromatic heterocycles. The molecule has 1 saturated carbocycles. The van der Waals surface area contributed by atoms with Gasteiger partial charge in [0.2, 0.25) is 0 Å². The van der Waals surface area contributed by atoms with Crippen molar-refractivity contribution in [3.05, 3.63) is 51.7 Å². The van der Waals surface area contributed by atoms with E-state index in [9.17, 15) is 4.39 Å². The number of guanidine groups is 1. The van der Waals surface area contributed by atoms with Crippen LogP contribution in [0.3, 0.4) is 0 Å². The number of benzene rings is 1. The summed E-state index contributed by atoms with van der Waals surface area (Å²) >= 11 is 1.68. The molecule has 1 aliphatic carbocycles. The van der Waals surface area contributed by atoms with Gasteiger partial charge in [-0.05, 0) is 30.9 Å². The first-order valence-electron chi connectivity index (χ1n) is 8.29. The summed E-state index contributed by atoms with van der Waals surface area (Å²) < 4.78 is 14.1. The van der Waals surface area contributed by atoms with Gasteiger partial charge in [-0.2, -0.15) is 0 Å². The molecule has 1 aliphatic rings. The predicted molar refractivity (Wildman–Crippen MR) is 112 cm³/mol. The van der Waals surface area contributed by atoms with E-state index in [0.29, 0.717) is 13.1 Å². The van der Waals surface area contributed by atoms with E-state index in [-0.39, 0.29) is 35.2 Å². The molecule has 3 rings (SSSR count). The first-order chi connectivity index (χ1) is 11.7. The molecule has 0 unspecified atom stereocenters. The highest BCUT2D eigenvalue weighted by Gasteiger charge is 2.45. The predicted octanol–water partition coefficient (Wildman–Crippen LogP) is 3.86. The van der Waals surface area contributed by atoms with E-state index >= 15 is 0 Å². The number of nitrogens with zero attached hydrogens (tertiary/aromatic N) is 2. The fourth-order valence-corrected chi connectivity index (χ4v) is 3.57. The Morgan fingerprint density at radius 1 is 1.32 bits per heavy atom. The topological polar surface area (TPSA) is 49.3 Å². The van der Waals surface area contributed by atoms with Crippen LogP contribution in [0, 0.1) is 5.82 Å². The van der Waals surface area contributed by atoms with Crippen molar-refractivity contribution in [3.63, 3.8) is 0 Å².